The van der Waals surface area contributed by atoms with Crippen LogP contribution >= 0.6 is 11.3 Å². The number of allylic oxidation sites excluding steroid dienone is 1. The van der Waals surface area contributed by atoms with Crippen molar-refractivity contribution in [1.29, 1.82) is 0 Å². The van der Waals surface area contributed by atoms with Crippen LogP contribution in [-0.2, 0) is 26.3 Å². The minimum absolute atomic E-state index is 0.00583. The predicted octanol–water partition coefficient (Wildman–Crippen LogP) is 31.6. The third-order valence-electron chi connectivity index (χ3n) is 18.1. The van der Waals surface area contributed by atoms with Gasteiger partial charge < -0.3 is 29.2 Å². The van der Waals surface area contributed by atoms with E-state index in [0.717, 1.165) is 97.7 Å². The lowest BCUT2D eigenvalue weighted by Crippen LogP contribution is -2.11. The fraction of sp³-hybridized carbons (Fsp3) is 0.333. The van der Waals surface area contributed by atoms with Gasteiger partial charge in [-0.1, -0.05) is 302 Å². The first-order valence-electron chi connectivity index (χ1n) is 45.4. The molecule has 0 amide bonds. The van der Waals surface area contributed by atoms with E-state index in [9.17, 15) is 9.59 Å². The van der Waals surface area contributed by atoms with Gasteiger partial charge in [-0.05, 0) is 227 Å². The third-order valence-corrected chi connectivity index (χ3v) is 18.9. The zero-order valence-corrected chi connectivity index (χ0v) is 82.2. The normalized spacial score (nSPS) is 11.2. The number of benzene rings is 9. The highest BCUT2D eigenvalue weighted by atomic mass is 32.1. The number of nitrogens with one attached hydrogen (secondary N) is 3. The molecule has 125 heavy (non-hydrogen) atoms. The maximum Gasteiger partial charge on any atom is 0.326 e. The Morgan fingerprint density at radius 3 is 1.68 bits per heavy atom. The SMILES string of the molecule is CC.CC.CC.CC.CC.CC.CC.CC.CC.CC.CC1=Cc2ccccc2C1.CC1CCc2ccccc21.Cc1c[nH]c2ccccc12.Cc1cc2ccccc2[nH]c1=O.Cc1ccc2c(c1)CCO2.Cc1ccc2c(c1)OCO2.Cc1ccc2cnccc2n1.Cc1ccc2ncsc2c1.Cc1cnc2ccccc2c1.Cn1c(=O)[nH]c2ccccc21. The summed E-state index contributed by atoms with van der Waals surface area (Å²) in [6.45, 7) is 59.9. The molecule has 2 aliphatic carbocycles. The number of thiazole rings is 1. The summed E-state index contributed by atoms with van der Waals surface area (Å²) in [6, 6.07) is 77.7. The van der Waals surface area contributed by atoms with E-state index in [1.807, 2.05) is 299 Å². The van der Waals surface area contributed by atoms with Gasteiger partial charge in [-0.15, -0.1) is 11.3 Å². The molecule has 0 fully saturated rings. The van der Waals surface area contributed by atoms with E-state index in [1.165, 1.54) is 83.9 Å². The Morgan fingerprint density at radius 2 is 1.01 bits per heavy atom. The number of para-hydroxylation sites is 5. The Bertz CT molecular complexity index is 5600. The Balaban J connectivity index is 0.000000679. The topological polar surface area (TPSA) is 166 Å². The molecule has 0 saturated carbocycles. The molecule has 7 aromatic heterocycles. The average Bonchev–Trinajstić information content (AvgIpc) is 1.34. The Labute approximate surface area is 755 Å². The van der Waals surface area contributed by atoms with Gasteiger partial charge in [0.25, 0.3) is 5.56 Å². The molecule has 0 saturated heterocycles. The van der Waals surface area contributed by atoms with Crippen molar-refractivity contribution < 1.29 is 14.2 Å². The third kappa shape index (κ3) is 37.5. The minimum Gasteiger partial charge on any atom is -0.493 e. The van der Waals surface area contributed by atoms with Gasteiger partial charge in [0.2, 0.25) is 6.79 Å². The van der Waals surface area contributed by atoms with Gasteiger partial charge >= 0.3 is 5.69 Å². The molecule has 20 rings (SSSR count). The summed E-state index contributed by atoms with van der Waals surface area (Å²) in [7, 11) is 1.75. The van der Waals surface area contributed by atoms with E-state index in [-0.39, 0.29) is 11.2 Å². The second-order valence-corrected chi connectivity index (χ2v) is 27.4. The fourth-order valence-corrected chi connectivity index (χ4v) is 13.2. The molecular formula is C111H150N8O5S. The van der Waals surface area contributed by atoms with Gasteiger partial charge in [-0.3, -0.25) is 24.3 Å². The van der Waals surface area contributed by atoms with Crippen molar-refractivity contribution in [1.82, 2.24) is 39.5 Å². The predicted molar refractivity (Wildman–Crippen MR) is 549 cm³/mol. The summed E-state index contributed by atoms with van der Waals surface area (Å²) in [6.07, 6.45) is 14.6. The van der Waals surface area contributed by atoms with Crippen LogP contribution in [0.4, 0.5) is 0 Å². The minimum atomic E-state index is -0.0637. The second kappa shape index (κ2) is 65.6. The van der Waals surface area contributed by atoms with E-state index in [1.54, 1.807) is 40.3 Å². The smallest absolute Gasteiger partial charge is 0.326 e. The van der Waals surface area contributed by atoms with Gasteiger partial charge in [-0.25, -0.2) is 9.78 Å². The molecule has 16 aromatic rings. The maximum atomic E-state index is 11.2. The lowest BCUT2D eigenvalue weighted by atomic mass is 10.0. The number of aryl methyl sites for hydroxylation is 9. The highest BCUT2D eigenvalue weighted by Gasteiger charge is 2.17. The number of imidazole rings is 1. The molecule has 0 radical (unpaired) electrons. The Morgan fingerprint density at radius 1 is 0.432 bits per heavy atom. The van der Waals surface area contributed by atoms with Crippen molar-refractivity contribution in [3.8, 4) is 17.2 Å². The van der Waals surface area contributed by atoms with Crippen LogP contribution in [0.1, 0.15) is 232 Å². The van der Waals surface area contributed by atoms with E-state index >= 15 is 0 Å². The van der Waals surface area contributed by atoms with E-state index in [2.05, 4.69) is 198 Å². The highest BCUT2D eigenvalue weighted by molar-refractivity contribution is 7.16. The Hall–Kier alpha value is -12.0. The van der Waals surface area contributed by atoms with Crippen LogP contribution in [-0.4, -0.2) is 52.9 Å². The van der Waals surface area contributed by atoms with Crippen molar-refractivity contribution in [2.45, 2.75) is 232 Å². The summed E-state index contributed by atoms with van der Waals surface area (Å²) in [4.78, 5) is 47.7. The molecule has 3 N–H and O–H groups in total. The molecule has 9 aromatic carbocycles. The van der Waals surface area contributed by atoms with Crippen molar-refractivity contribution >= 4 is 82.3 Å². The number of fused-ring (bicyclic) bond motifs is 10. The number of aromatic amines is 3. The van der Waals surface area contributed by atoms with Crippen LogP contribution in [0.5, 0.6) is 17.2 Å². The summed E-state index contributed by atoms with van der Waals surface area (Å²) >= 11 is 1.69. The molecule has 670 valence electrons. The maximum absolute atomic E-state index is 11.2. The molecule has 13 nitrogen and oxygen atoms in total. The van der Waals surface area contributed by atoms with Crippen LogP contribution in [0.15, 0.2) is 276 Å². The van der Waals surface area contributed by atoms with Crippen LogP contribution in [0.25, 0.3) is 70.9 Å². The number of hydrogen-bond donors (Lipinski definition) is 3. The summed E-state index contributed by atoms with van der Waals surface area (Å²) in [5.41, 5.74) is 25.9. The lowest BCUT2D eigenvalue weighted by Gasteiger charge is -2.01. The van der Waals surface area contributed by atoms with Crippen molar-refractivity contribution in [2.24, 2.45) is 7.05 Å². The Kier molecular flexibility index (Phi) is 58.3. The number of hydrogen-bond acceptors (Lipinski definition) is 10. The molecule has 0 bridgehead atoms. The number of ether oxygens (including phenoxy) is 3. The number of aromatic nitrogens is 8. The lowest BCUT2D eigenvalue weighted by molar-refractivity contribution is 0.174. The number of pyridine rings is 4. The molecule has 1 atom stereocenters. The van der Waals surface area contributed by atoms with E-state index in [4.69, 9.17) is 14.2 Å². The van der Waals surface area contributed by atoms with Gasteiger partial charge in [0.15, 0.2) is 11.5 Å². The summed E-state index contributed by atoms with van der Waals surface area (Å²) < 4.78 is 18.5. The van der Waals surface area contributed by atoms with Crippen LogP contribution in [0, 0.1) is 48.5 Å². The van der Waals surface area contributed by atoms with E-state index in [0.29, 0.717) is 6.79 Å². The second-order valence-electron chi connectivity index (χ2n) is 26.5. The van der Waals surface area contributed by atoms with E-state index < -0.39 is 0 Å². The first kappa shape index (κ1) is 111. The van der Waals surface area contributed by atoms with Crippen LogP contribution < -0.4 is 25.5 Å². The van der Waals surface area contributed by atoms with Gasteiger partial charge in [0.05, 0.1) is 44.4 Å². The number of nitrogens with zero attached hydrogens (tertiary/aromatic N) is 5. The standard InChI is InChI=1S/C10H9NO.C10H9N.C10H10.C10H12.C9H8N2.C9H9N.C9H10O.C8H8N2O.C8H7NS.C8H8O2.10C2H6/c1-7-6-8-4-2-3-5-9(8)11-10(7)12;1-8-6-9-4-2-3-5-10(9)11-7-8;1-8-6-9-4-2-3-5-10(9)7-8;1-8-6-7-9-4-2-3-5-10(8)9;1-7-2-3-8-6-10-5-4-9(8)11-7;1-7-6-10-9-5-3-2-4-8(7)9;1-7-2-3-9-8(6-7)4-5-10-9;1-10-7-5-3-2-4-6(7)9-8(10)11;2*1-6-2-3-7-8(4-6)10-5-9-7;10*1-2/h2-6H,1H3,(H,11,12);2-7H,1H3;2-6H,7H2,1H3;2-5,8H,6-7H2,1H3;2-6H,1H3;2-6,10H,1H3;2-3,6H,4-5H2,1H3;2-5H,1H3,(H,9,11);2-5H,1H3;2-4H,5H2,1H3;10*1-2H3. The van der Waals surface area contributed by atoms with Crippen molar-refractivity contribution in [3.05, 3.63) is 354 Å². The first-order chi connectivity index (χ1) is 61.0. The highest BCUT2D eigenvalue weighted by Crippen LogP contribution is 2.33. The quantitative estimate of drug-likeness (QED) is 0.134. The van der Waals surface area contributed by atoms with Crippen LogP contribution in [0.2, 0.25) is 0 Å². The largest absolute Gasteiger partial charge is 0.493 e. The monoisotopic (exact) mass is 1710 g/mol. The molecule has 4 aliphatic rings. The van der Waals surface area contributed by atoms with Crippen LogP contribution in [0.3, 0.4) is 0 Å². The molecular weight excluding hydrogens is 1560 g/mol. The molecule has 9 heterocycles. The molecule has 1 unspecified atom stereocenters. The van der Waals surface area contributed by atoms with Gasteiger partial charge in [-0.2, -0.15) is 0 Å². The fourth-order valence-electron chi connectivity index (χ4n) is 12.4. The van der Waals surface area contributed by atoms with Crippen molar-refractivity contribution in [3.63, 3.8) is 0 Å². The number of rotatable bonds is 0. The molecule has 14 heteroatoms. The average molecular weight is 1710 g/mol. The summed E-state index contributed by atoms with van der Waals surface area (Å²) in [5, 5.41) is 4.71. The molecule has 0 spiro atoms. The zero-order valence-electron chi connectivity index (χ0n) is 81.4. The van der Waals surface area contributed by atoms with Gasteiger partial charge in [0.1, 0.15) is 5.75 Å². The zero-order chi connectivity index (χ0) is 93.6. The summed E-state index contributed by atoms with van der Waals surface area (Å²) in [5.74, 6) is 3.59. The molecule has 2 aliphatic heterocycles. The number of H-pyrrole nitrogens is 3. The van der Waals surface area contributed by atoms with Crippen molar-refractivity contribution in [2.75, 3.05) is 13.4 Å². The van der Waals surface area contributed by atoms with Gasteiger partial charge in [0, 0.05) is 76.7 Å². The first-order valence-corrected chi connectivity index (χ1v) is 46.3.